The number of carbonyl (C=O) groups excluding carboxylic acids is 1. The highest BCUT2D eigenvalue weighted by Gasteiger charge is 2.22. The van der Waals surface area contributed by atoms with Crippen LogP contribution in [0.25, 0.3) is 0 Å². The Labute approximate surface area is 136 Å². The fraction of sp³-hybridized carbons (Fsp3) is 0.389. The van der Waals surface area contributed by atoms with Crippen LogP contribution < -0.4 is 10.2 Å². The summed E-state index contributed by atoms with van der Waals surface area (Å²) in [4.78, 5) is 14.4. The van der Waals surface area contributed by atoms with Gasteiger partial charge in [0.05, 0.1) is 6.10 Å². The van der Waals surface area contributed by atoms with E-state index >= 15 is 0 Å². The first-order chi connectivity index (χ1) is 11.3. The number of anilines is 1. The van der Waals surface area contributed by atoms with Crippen LogP contribution >= 0.6 is 0 Å². The molecule has 1 N–H and O–H groups in total. The van der Waals surface area contributed by atoms with Gasteiger partial charge >= 0.3 is 0 Å². The number of aromatic nitrogens is 1. The number of methoxy groups -OCH3 is 1. The molecule has 5 nitrogen and oxygen atoms in total. The molecule has 1 saturated heterocycles. The van der Waals surface area contributed by atoms with Crippen molar-refractivity contribution in [3.8, 4) is 0 Å². The second-order valence-electron chi connectivity index (χ2n) is 5.82. The molecule has 5 heteroatoms. The summed E-state index contributed by atoms with van der Waals surface area (Å²) >= 11 is 0. The van der Waals surface area contributed by atoms with Crippen molar-refractivity contribution in [2.45, 2.75) is 19.1 Å². The lowest BCUT2D eigenvalue weighted by Crippen LogP contribution is -2.27. The lowest BCUT2D eigenvalue weighted by molar-refractivity contribution is 0.0952. The highest BCUT2D eigenvalue weighted by atomic mass is 16.5. The van der Waals surface area contributed by atoms with E-state index in [4.69, 9.17) is 4.74 Å². The molecule has 1 aliphatic rings. The van der Waals surface area contributed by atoms with E-state index in [1.54, 1.807) is 7.11 Å². The summed E-state index contributed by atoms with van der Waals surface area (Å²) in [7, 11) is 1.76. The van der Waals surface area contributed by atoms with Gasteiger partial charge in [-0.15, -0.1) is 0 Å². The Morgan fingerprint density at radius 1 is 1.26 bits per heavy atom. The van der Waals surface area contributed by atoms with Gasteiger partial charge in [0.2, 0.25) is 0 Å². The Hall–Kier alpha value is -2.27. The van der Waals surface area contributed by atoms with Crippen molar-refractivity contribution in [2.75, 3.05) is 31.6 Å². The van der Waals surface area contributed by atoms with Crippen molar-refractivity contribution in [3.05, 3.63) is 54.4 Å². The van der Waals surface area contributed by atoms with E-state index in [2.05, 4.69) is 10.2 Å². The minimum Gasteiger partial charge on any atom is -0.380 e. The molecule has 0 saturated carbocycles. The number of nitrogens with zero attached hydrogens (tertiary/aromatic N) is 2. The van der Waals surface area contributed by atoms with Crippen LogP contribution in [0.1, 0.15) is 16.8 Å². The van der Waals surface area contributed by atoms with Gasteiger partial charge in [-0.2, -0.15) is 0 Å². The molecule has 0 spiro atoms. The van der Waals surface area contributed by atoms with E-state index in [0.29, 0.717) is 18.2 Å². The zero-order chi connectivity index (χ0) is 16.1. The van der Waals surface area contributed by atoms with Gasteiger partial charge in [0.25, 0.3) is 5.91 Å². The first-order valence-electron chi connectivity index (χ1n) is 8.03. The topological polar surface area (TPSA) is 46.5 Å². The van der Waals surface area contributed by atoms with Crippen molar-refractivity contribution in [3.63, 3.8) is 0 Å². The predicted molar refractivity (Wildman–Crippen MR) is 90.8 cm³/mol. The first kappa shape index (κ1) is 15.6. The van der Waals surface area contributed by atoms with Gasteiger partial charge in [0.1, 0.15) is 0 Å². The number of carbonyl (C=O) groups is 1. The van der Waals surface area contributed by atoms with Crippen LogP contribution in [0.4, 0.5) is 5.69 Å². The van der Waals surface area contributed by atoms with E-state index in [1.807, 2.05) is 53.4 Å². The van der Waals surface area contributed by atoms with E-state index < -0.39 is 0 Å². The highest BCUT2D eigenvalue weighted by molar-refractivity contribution is 5.94. The summed E-state index contributed by atoms with van der Waals surface area (Å²) in [6.07, 6.45) is 5.35. The molecule has 122 valence electrons. The van der Waals surface area contributed by atoms with Crippen LogP contribution in [0.3, 0.4) is 0 Å². The van der Waals surface area contributed by atoms with Gasteiger partial charge in [0.15, 0.2) is 0 Å². The lowest BCUT2D eigenvalue weighted by Gasteiger charge is -2.18. The Balaban J connectivity index is 1.51. The van der Waals surface area contributed by atoms with Crippen molar-refractivity contribution in [1.82, 2.24) is 9.88 Å². The standard InChI is InChI=1S/C18H23N3O2/c1-23-17-8-12-21(14-17)16-6-4-15(5-7-16)18(22)19-9-13-20-10-2-3-11-20/h2-7,10-11,17H,8-9,12-14H2,1H3,(H,19,22)/t17-/m0/s1. The molecule has 0 unspecified atom stereocenters. The zero-order valence-electron chi connectivity index (χ0n) is 13.4. The second-order valence-corrected chi connectivity index (χ2v) is 5.82. The van der Waals surface area contributed by atoms with E-state index in [0.717, 1.165) is 31.7 Å². The Kier molecular flexibility index (Phi) is 4.98. The number of amides is 1. The maximum atomic E-state index is 12.2. The molecule has 1 atom stereocenters. The normalized spacial score (nSPS) is 17.4. The molecular weight excluding hydrogens is 290 g/mol. The molecule has 2 heterocycles. The monoisotopic (exact) mass is 313 g/mol. The molecule has 1 aromatic heterocycles. The SMILES string of the molecule is CO[C@H]1CCN(c2ccc(C(=O)NCCn3cccc3)cc2)C1. The molecule has 3 rings (SSSR count). The van der Waals surface area contributed by atoms with Gasteiger partial charge in [-0.25, -0.2) is 0 Å². The summed E-state index contributed by atoms with van der Waals surface area (Å²) in [5.74, 6) is -0.0279. The minimum absolute atomic E-state index is 0.0279. The molecule has 0 radical (unpaired) electrons. The van der Waals surface area contributed by atoms with Crippen LogP contribution in [0.2, 0.25) is 0 Å². The number of benzene rings is 1. The molecular formula is C18H23N3O2. The van der Waals surface area contributed by atoms with Crippen molar-refractivity contribution in [1.29, 1.82) is 0 Å². The van der Waals surface area contributed by atoms with Crippen LogP contribution in [-0.2, 0) is 11.3 Å². The summed E-state index contributed by atoms with van der Waals surface area (Å²) in [5, 5.41) is 2.95. The van der Waals surface area contributed by atoms with Crippen molar-refractivity contribution >= 4 is 11.6 Å². The number of nitrogens with one attached hydrogen (secondary N) is 1. The quantitative estimate of drug-likeness (QED) is 0.889. The fourth-order valence-electron chi connectivity index (χ4n) is 2.90. The van der Waals surface area contributed by atoms with Gasteiger partial charge < -0.3 is 19.5 Å². The van der Waals surface area contributed by atoms with Crippen LogP contribution in [0.15, 0.2) is 48.8 Å². The van der Waals surface area contributed by atoms with Gasteiger partial charge in [0, 0.05) is 56.9 Å². The van der Waals surface area contributed by atoms with E-state index in [-0.39, 0.29) is 5.91 Å². The zero-order valence-corrected chi connectivity index (χ0v) is 13.4. The van der Waals surface area contributed by atoms with Crippen molar-refractivity contribution < 1.29 is 9.53 Å². The summed E-state index contributed by atoms with van der Waals surface area (Å²) in [6.45, 7) is 3.32. The fourth-order valence-corrected chi connectivity index (χ4v) is 2.90. The highest BCUT2D eigenvalue weighted by Crippen LogP contribution is 2.21. The largest absolute Gasteiger partial charge is 0.380 e. The third-order valence-corrected chi connectivity index (χ3v) is 4.29. The molecule has 1 fully saturated rings. The number of ether oxygens (including phenoxy) is 1. The predicted octanol–water partition coefficient (Wildman–Crippen LogP) is 2.14. The van der Waals surface area contributed by atoms with E-state index in [9.17, 15) is 4.79 Å². The third-order valence-electron chi connectivity index (χ3n) is 4.29. The molecule has 23 heavy (non-hydrogen) atoms. The maximum Gasteiger partial charge on any atom is 0.251 e. The van der Waals surface area contributed by atoms with Crippen LogP contribution in [0, 0.1) is 0 Å². The Bertz CT molecular complexity index is 622. The third kappa shape index (κ3) is 3.93. The molecule has 1 amide bonds. The smallest absolute Gasteiger partial charge is 0.251 e. The number of rotatable bonds is 6. The minimum atomic E-state index is -0.0279. The number of hydrogen-bond acceptors (Lipinski definition) is 3. The first-order valence-corrected chi connectivity index (χ1v) is 8.03. The number of hydrogen-bond donors (Lipinski definition) is 1. The molecule has 1 aromatic carbocycles. The van der Waals surface area contributed by atoms with Crippen molar-refractivity contribution in [2.24, 2.45) is 0 Å². The maximum absolute atomic E-state index is 12.2. The second kappa shape index (κ2) is 7.33. The van der Waals surface area contributed by atoms with Crippen LogP contribution in [-0.4, -0.2) is 43.3 Å². The molecule has 2 aromatic rings. The van der Waals surface area contributed by atoms with Gasteiger partial charge in [-0.05, 0) is 42.8 Å². The average Bonchev–Trinajstić information content (AvgIpc) is 3.26. The van der Waals surface area contributed by atoms with Gasteiger partial charge in [-0.1, -0.05) is 0 Å². The summed E-state index contributed by atoms with van der Waals surface area (Å²) < 4.78 is 7.44. The summed E-state index contributed by atoms with van der Waals surface area (Å²) in [6, 6.07) is 11.8. The Morgan fingerprint density at radius 2 is 2.00 bits per heavy atom. The van der Waals surface area contributed by atoms with Gasteiger partial charge in [-0.3, -0.25) is 4.79 Å². The Morgan fingerprint density at radius 3 is 2.65 bits per heavy atom. The molecule has 0 aliphatic carbocycles. The molecule has 1 aliphatic heterocycles. The van der Waals surface area contributed by atoms with Crippen LogP contribution in [0.5, 0.6) is 0 Å². The van der Waals surface area contributed by atoms with E-state index in [1.165, 1.54) is 0 Å². The summed E-state index contributed by atoms with van der Waals surface area (Å²) in [5.41, 5.74) is 1.84. The average molecular weight is 313 g/mol. The lowest BCUT2D eigenvalue weighted by atomic mass is 10.2. The molecule has 0 bridgehead atoms.